The molecule has 0 aliphatic carbocycles. The highest BCUT2D eigenvalue weighted by Gasteiger charge is 2.18. The Hall–Kier alpha value is -2.53. The summed E-state index contributed by atoms with van der Waals surface area (Å²) in [6.45, 7) is 0. The topological polar surface area (TPSA) is 34.1 Å². The Morgan fingerprint density at radius 1 is 0.760 bits per heavy atom. The van der Waals surface area contributed by atoms with Gasteiger partial charge in [-0.25, -0.2) is 17.2 Å². The van der Waals surface area contributed by atoms with Crippen LogP contribution in [0.5, 0.6) is 0 Å². The summed E-state index contributed by atoms with van der Waals surface area (Å²) in [7, 11) is -3.61. The van der Waals surface area contributed by atoms with Crippen molar-refractivity contribution in [1.29, 1.82) is 0 Å². The van der Waals surface area contributed by atoms with Gasteiger partial charge in [0.25, 0.3) is 0 Å². The van der Waals surface area contributed by atoms with E-state index in [1.54, 1.807) is 18.2 Å². The van der Waals surface area contributed by atoms with Crippen LogP contribution in [-0.2, 0) is 16.3 Å². The summed E-state index contributed by atoms with van der Waals surface area (Å²) in [4.78, 5) is 0.322. The van der Waals surface area contributed by atoms with E-state index in [0.29, 0.717) is 11.1 Å². The SMILES string of the molecule is O=S(=O)(c1ccccc1)c1ccc(C(F)Cc2ccc(F)cc2)cc1. The molecule has 25 heavy (non-hydrogen) atoms. The maximum Gasteiger partial charge on any atom is 0.206 e. The third kappa shape index (κ3) is 3.94. The van der Waals surface area contributed by atoms with Gasteiger partial charge in [-0.1, -0.05) is 42.5 Å². The van der Waals surface area contributed by atoms with E-state index in [0.717, 1.165) is 0 Å². The highest BCUT2D eigenvalue weighted by Crippen LogP contribution is 2.26. The zero-order valence-corrected chi connectivity index (χ0v) is 14.1. The van der Waals surface area contributed by atoms with Crippen molar-refractivity contribution in [2.24, 2.45) is 0 Å². The molecule has 0 aromatic heterocycles. The summed E-state index contributed by atoms with van der Waals surface area (Å²) in [5, 5.41) is 0. The van der Waals surface area contributed by atoms with E-state index in [4.69, 9.17) is 0 Å². The summed E-state index contributed by atoms with van der Waals surface area (Å²) in [5.41, 5.74) is 1.06. The lowest BCUT2D eigenvalue weighted by Gasteiger charge is -2.10. The number of rotatable bonds is 5. The minimum absolute atomic E-state index is 0.102. The lowest BCUT2D eigenvalue weighted by atomic mass is 10.0. The molecule has 0 saturated heterocycles. The third-order valence-corrected chi connectivity index (χ3v) is 5.72. The first-order chi connectivity index (χ1) is 12.0. The summed E-state index contributed by atoms with van der Waals surface area (Å²) >= 11 is 0. The monoisotopic (exact) mass is 358 g/mol. The first-order valence-corrected chi connectivity index (χ1v) is 9.24. The minimum Gasteiger partial charge on any atom is -0.242 e. The minimum atomic E-state index is -3.61. The second-order valence-corrected chi connectivity index (χ2v) is 7.63. The normalized spacial score (nSPS) is 12.7. The van der Waals surface area contributed by atoms with Gasteiger partial charge in [-0.15, -0.1) is 0 Å². The second-order valence-electron chi connectivity index (χ2n) is 5.68. The average molecular weight is 358 g/mol. The maximum absolute atomic E-state index is 14.4. The van der Waals surface area contributed by atoms with Crippen LogP contribution in [0.2, 0.25) is 0 Å². The van der Waals surface area contributed by atoms with Crippen molar-refractivity contribution in [1.82, 2.24) is 0 Å². The molecular weight excluding hydrogens is 342 g/mol. The fourth-order valence-electron chi connectivity index (χ4n) is 2.54. The van der Waals surface area contributed by atoms with E-state index >= 15 is 0 Å². The van der Waals surface area contributed by atoms with E-state index in [-0.39, 0.29) is 22.0 Å². The van der Waals surface area contributed by atoms with Crippen LogP contribution in [0, 0.1) is 5.82 Å². The fourth-order valence-corrected chi connectivity index (χ4v) is 3.82. The molecule has 128 valence electrons. The molecule has 0 amide bonds. The van der Waals surface area contributed by atoms with E-state index in [9.17, 15) is 17.2 Å². The van der Waals surface area contributed by atoms with Gasteiger partial charge in [-0.05, 0) is 47.5 Å². The molecule has 0 radical (unpaired) electrons. The Bertz CT molecular complexity index is 935. The molecular formula is C20H16F2O2S. The zero-order chi connectivity index (χ0) is 17.9. The molecule has 0 saturated carbocycles. The number of hydrogen-bond donors (Lipinski definition) is 0. The molecule has 0 heterocycles. The Labute approximate surface area is 145 Å². The summed E-state index contributed by atoms with van der Waals surface area (Å²) < 4.78 is 52.3. The van der Waals surface area contributed by atoms with E-state index < -0.39 is 16.0 Å². The van der Waals surface area contributed by atoms with Gasteiger partial charge in [0.1, 0.15) is 12.0 Å². The molecule has 1 unspecified atom stereocenters. The van der Waals surface area contributed by atoms with Crippen molar-refractivity contribution in [2.75, 3.05) is 0 Å². The van der Waals surface area contributed by atoms with Crippen LogP contribution in [-0.4, -0.2) is 8.42 Å². The number of halogens is 2. The van der Waals surface area contributed by atoms with Gasteiger partial charge >= 0.3 is 0 Å². The van der Waals surface area contributed by atoms with Crippen LogP contribution >= 0.6 is 0 Å². The largest absolute Gasteiger partial charge is 0.242 e. The molecule has 0 spiro atoms. The second kappa shape index (κ2) is 7.15. The van der Waals surface area contributed by atoms with Crippen molar-refractivity contribution in [3.63, 3.8) is 0 Å². The van der Waals surface area contributed by atoms with Crippen LogP contribution in [0.3, 0.4) is 0 Å². The van der Waals surface area contributed by atoms with Gasteiger partial charge < -0.3 is 0 Å². The molecule has 0 aliphatic rings. The highest BCUT2D eigenvalue weighted by molar-refractivity contribution is 7.91. The first-order valence-electron chi connectivity index (χ1n) is 7.75. The molecule has 3 rings (SSSR count). The Morgan fingerprint density at radius 2 is 1.32 bits per heavy atom. The van der Waals surface area contributed by atoms with Gasteiger partial charge in [0.15, 0.2) is 0 Å². The zero-order valence-electron chi connectivity index (χ0n) is 13.3. The molecule has 0 fully saturated rings. The van der Waals surface area contributed by atoms with E-state index in [2.05, 4.69) is 0 Å². The van der Waals surface area contributed by atoms with Gasteiger partial charge in [0.05, 0.1) is 9.79 Å². The van der Waals surface area contributed by atoms with Crippen molar-refractivity contribution in [2.45, 2.75) is 22.4 Å². The standard InChI is InChI=1S/C20H16F2O2S/c21-17-10-6-15(7-11-17)14-20(22)16-8-12-19(13-9-16)25(23,24)18-4-2-1-3-5-18/h1-13,20H,14H2. The van der Waals surface area contributed by atoms with Crippen LogP contribution in [0.1, 0.15) is 17.3 Å². The van der Waals surface area contributed by atoms with Gasteiger partial charge in [0.2, 0.25) is 9.84 Å². The summed E-state index contributed by atoms with van der Waals surface area (Å²) in [6.07, 6.45) is -1.19. The molecule has 2 nitrogen and oxygen atoms in total. The number of hydrogen-bond acceptors (Lipinski definition) is 2. The number of alkyl halides is 1. The lowest BCUT2D eigenvalue weighted by Crippen LogP contribution is -2.03. The molecule has 0 aliphatic heterocycles. The smallest absolute Gasteiger partial charge is 0.206 e. The van der Waals surface area contributed by atoms with Crippen LogP contribution < -0.4 is 0 Å². The van der Waals surface area contributed by atoms with E-state index in [1.165, 1.54) is 60.7 Å². The van der Waals surface area contributed by atoms with Crippen LogP contribution in [0.25, 0.3) is 0 Å². The Morgan fingerprint density at radius 3 is 1.92 bits per heavy atom. The predicted octanol–water partition coefficient (Wildman–Crippen LogP) is 4.91. The Balaban J connectivity index is 1.79. The first kappa shape index (κ1) is 17.3. The van der Waals surface area contributed by atoms with Crippen molar-refractivity contribution in [3.8, 4) is 0 Å². The molecule has 3 aromatic carbocycles. The molecule has 3 aromatic rings. The molecule has 0 N–H and O–H groups in total. The molecule has 0 bridgehead atoms. The molecule has 5 heteroatoms. The van der Waals surface area contributed by atoms with Gasteiger partial charge in [-0.2, -0.15) is 0 Å². The third-order valence-electron chi connectivity index (χ3n) is 3.93. The van der Waals surface area contributed by atoms with Crippen molar-refractivity contribution >= 4 is 9.84 Å². The van der Waals surface area contributed by atoms with Crippen LogP contribution in [0.4, 0.5) is 8.78 Å². The average Bonchev–Trinajstić information content (AvgIpc) is 2.64. The quantitative estimate of drug-likeness (QED) is 0.649. The number of sulfone groups is 1. The summed E-state index contributed by atoms with van der Waals surface area (Å²) in [5.74, 6) is -0.366. The van der Waals surface area contributed by atoms with Gasteiger partial charge in [-0.3, -0.25) is 0 Å². The highest BCUT2D eigenvalue weighted by atomic mass is 32.2. The Kier molecular flexibility index (Phi) is 4.95. The fraction of sp³-hybridized carbons (Fsp3) is 0.100. The molecule has 1 atom stereocenters. The number of benzene rings is 3. The van der Waals surface area contributed by atoms with E-state index in [1.807, 2.05) is 0 Å². The van der Waals surface area contributed by atoms with Crippen molar-refractivity contribution in [3.05, 3.63) is 95.8 Å². The van der Waals surface area contributed by atoms with Crippen molar-refractivity contribution < 1.29 is 17.2 Å². The van der Waals surface area contributed by atoms with Gasteiger partial charge in [0, 0.05) is 6.42 Å². The lowest BCUT2D eigenvalue weighted by molar-refractivity contribution is 0.342. The maximum atomic E-state index is 14.4. The predicted molar refractivity (Wildman–Crippen MR) is 92.3 cm³/mol. The summed E-state index contributed by atoms with van der Waals surface area (Å²) in [6, 6.07) is 19.5. The van der Waals surface area contributed by atoms with Crippen LogP contribution in [0.15, 0.2) is 88.7 Å².